The summed E-state index contributed by atoms with van der Waals surface area (Å²) in [7, 11) is 0. The van der Waals surface area contributed by atoms with Crippen LogP contribution in [0.2, 0.25) is 0 Å². The highest BCUT2D eigenvalue weighted by Crippen LogP contribution is 2.38. The van der Waals surface area contributed by atoms with E-state index in [2.05, 4.69) is 35.2 Å². The highest BCUT2D eigenvalue weighted by molar-refractivity contribution is 6.22. The first kappa shape index (κ1) is 15.9. The van der Waals surface area contributed by atoms with Crippen molar-refractivity contribution in [3.8, 4) is 5.75 Å². The van der Waals surface area contributed by atoms with Crippen LogP contribution in [0.4, 0.5) is 0 Å². The Labute approximate surface area is 153 Å². The Hall–Kier alpha value is -2.59. The molecule has 3 aliphatic rings. The zero-order chi connectivity index (χ0) is 15.9. The molecule has 5 rings (SSSR count). The maximum Gasteiger partial charge on any atom is 0.142 e. The van der Waals surface area contributed by atoms with Crippen LogP contribution in [0.3, 0.4) is 0 Å². The summed E-state index contributed by atoms with van der Waals surface area (Å²) in [5, 5.41) is 0. The van der Waals surface area contributed by atoms with Gasteiger partial charge in [0, 0.05) is 29.7 Å². The van der Waals surface area contributed by atoms with Crippen LogP contribution in [0, 0.1) is 0 Å². The average Bonchev–Trinajstić information content (AvgIpc) is 3.05. The molecule has 0 aliphatic carbocycles. The number of hydrogen-bond donors (Lipinski definition) is 0. The van der Waals surface area contributed by atoms with Gasteiger partial charge < -0.3 is 9.64 Å². The number of para-hydroxylation sites is 1. The molecule has 2 aromatic carbocycles. The fourth-order valence-corrected chi connectivity index (χ4v) is 3.56. The Bertz CT molecular complexity index is 902. The standard InChI is InChI=1S/C20H17N3O.ClH/c1-2-6-14(7-3-1)19-22-18-15-8-4-5-9-17(15)24-13-10-16(18)20-21-11-12-23(19)20;/h1-9H,10-13H2;1H. The van der Waals surface area contributed by atoms with Crippen LogP contribution in [0.15, 0.2) is 70.2 Å². The van der Waals surface area contributed by atoms with Gasteiger partial charge in [0.05, 0.1) is 18.8 Å². The lowest BCUT2D eigenvalue weighted by atomic mass is 10.00. The molecule has 0 N–H and O–H groups in total. The van der Waals surface area contributed by atoms with E-state index in [1.807, 2.05) is 24.3 Å². The van der Waals surface area contributed by atoms with E-state index in [-0.39, 0.29) is 12.4 Å². The number of benzene rings is 2. The highest BCUT2D eigenvalue weighted by Gasteiger charge is 2.34. The molecule has 0 saturated carbocycles. The summed E-state index contributed by atoms with van der Waals surface area (Å²) < 4.78 is 5.95. The van der Waals surface area contributed by atoms with E-state index in [4.69, 9.17) is 14.7 Å². The molecule has 3 aliphatic heterocycles. The third-order valence-electron chi connectivity index (χ3n) is 4.65. The molecule has 0 unspecified atom stereocenters. The van der Waals surface area contributed by atoms with Crippen molar-refractivity contribution in [2.75, 3.05) is 19.7 Å². The molecule has 4 nitrogen and oxygen atoms in total. The molecule has 0 atom stereocenters. The lowest BCUT2D eigenvalue weighted by Gasteiger charge is -2.29. The van der Waals surface area contributed by atoms with Crippen molar-refractivity contribution in [2.45, 2.75) is 6.42 Å². The van der Waals surface area contributed by atoms with Gasteiger partial charge in [0.15, 0.2) is 0 Å². The van der Waals surface area contributed by atoms with Gasteiger partial charge in [-0.1, -0.05) is 42.5 Å². The Morgan fingerprint density at radius 3 is 2.60 bits per heavy atom. The van der Waals surface area contributed by atoms with Crippen molar-refractivity contribution in [1.82, 2.24) is 4.90 Å². The number of amidine groups is 2. The van der Waals surface area contributed by atoms with E-state index < -0.39 is 0 Å². The Kier molecular flexibility index (Phi) is 4.06. The predicted molar refractivity (Wildman–Crippen MR) is 103 cm³/mol. The topological polar surface area (TPSA) is 37.2 Å². The molecule has 0 bridgehead atoms. The first-order valence-corrected chi connectivity index (χ1v) is 8.33. The molecule has 0 amide bonds. The molecule has 5 heteroatoms. The van der Waals surface area contributed by atoms with E-state index in [0.717, 1.165) is 53.8 Å². The maximum absolute atomic E-state index is 5.95. The molecule has 2 aromatic rings. The van der Waals surface area contributed by atoms with E-state index >= 15 is 0 Å². The van der Waals surface area contributed by atoms with Crippen LogP contribution in [0.1, 0.15) is 17.5 Å². The lowest BCUT2D eigenvalue weighted by molar-refractivity contribution is 0.325. The van der Waals surface area contributed by atoms with Crippen molar-refractivity contribution in [3.63, 3.8) is 0 Å². The summed E-state index contributed by atoms with van der Waals surface area (Å²) in [5.41, 5.74) is 4.41. The minimum Gasteiger partial charge on any atom is -0.493 e. The number of hydrogen-bond acceptors (Lipinski definition) is 4. The summed E-state index contributed by atoms with van der Waals surface area (Å²) in [6.07, 6.45) is 0.838. The molecule has 0 saturated heterocycles. The van der Waals surface area contributed by atoms with Gasteiger partial charge in [-0.15, -0.1) is 12.4 Å². The van der Waals surface area contributed by atoms with E-state index in [1.165, 1.54) is 5.57 Å². The van der Waals surface area contributed by atoms with E-state index in [0.29, 0.717) is 6.61 Å². The van der Waals surface area contributed by atoms with Crippen molar-refractivity contribution in [3.05, 3.63) is 71.3 Å². The molecular weight excluding hydrogens is 334 g/mol. The quantitative estimate of drug-likeness (QED) is 0.784. The molecule has 0 radical (unpaired) electrons. The summed E-state index contributed by atoms with van der Waals surface area (Å²) in [6.45, 7) is 2.38. The van der Waals surface area contributed by atoms with Crippen molar-refractivity contribution >= 4 is 29.8 Å². The van der Waals surface area contributed by atoms with Crippen molar-refractivity contribution in [1.29, 1.82) is 0 Å². The van der Waals surface area contributed by atoms with Gasteiger partial charge in [0.25, 0.3) is 0 Å². The first-order chi connectivity index (χ1) is 11.9. The second-order valence-electron chi connectivity index (χ2n) is 6.08. The van der Waals surface area contributed by atoms with Gasteiger partial charge in [-0.3, -0.25) is 4.99 Å². The molecule has 126 valence electrons. The molecule has 0 spiro atoms. The maximum atomic E-state index is 5.95. The molecule has 3 heterocycles. The SMILES string of the molecule is Cl.c1ccc(C2=NC3=C(CCOc4ccccc43)C3=NCCN32)cc1. The fourth-order valence-electron chi connectivity index (χ4n) is 3.56. The third-order valence-corrected chi connectivity index (χ3v) is 4.65. The second kappa shape index (κ2) is 6.37. The number of nitrogens with zero attached hydrogens (tertiary/aromatic N) is 3. The number of fused-ring (bicyclic) bond motifs is 4. The average molecular weight is 352 g/mol. The summed E-state index contributed by atoms with van der Waals surface area (Å²) in [6, 6.07) is 18.5. The monoisotopic (exact) mass is 351 g/mol. The van der Waals surface area contributed by atoms with Crippen LogP contribution in [-0.2, 0) is 0 Å². The van der Waals surface area contributed by atoms with Crippen molar-refractivity contribution in [2.24, 2.45) is 9.98 Å². The predicted octanol–water partition coefficient (Wildman–Crippen LogP) is 3.78. The van der Waals surface area contributed by atoms with Gasteiger partial charge in [-0.05, 0) is 12.1 Å². The van der Waals surface area contributed by atoms with Crippen LogP contribution < -0.4 is 4.74 Å². The third kappa shape index (κ3) is 2.53. The van der Waals surface area contributed by atoms with E-state index in [9.17, 15) is 0 Å². The van der Waals surface area contributed by atoms with Gasteiger partial charge >= 0.3 is 0 Å². The first-order valence-electron chi connectivity index (χ1n) is 8.33. The van der Waals surface area contributed by atoms with Crippen LogP contribution in [-0.4, -0.2) is 36.3 Å². The lowest BCUT2D eigenvalue weighted by Crippen LogP contribution is -2.38. The normalized spacial score (nSPS) is 18.0. The second-order valence-corrected chi connectivity index (χ2v) is 6.08. The summed E-state index contributed by atoms with van der Waals surface area (Å²) >= 11 is 0. The van der Waals surface area contributed by atoms with Crippen LogP contribution >= 0.6 is 12.4 Å². The summed E-state index contributed by atoms with van der Waals surface area (Å²) in [5.74, 6) is 2.96. The minimum atomic E-state index is 0. The fraction of sp³-hybridized carbons (Fsp3) is 0.200. The molecule has 0 aromatic heterocycles. The number of rotatable bonds is 1. The van der Waals surface area contributed by atoms with Gasteiger partial charge in [0.2, 0.25) is 0 Å². The van der Waals surface area contributed by atoms with Gasteiger partial charge in [-0.2, -0.15) is 0 Å². The number of aliphatic imine (C=N–C) groups is 2. The smallest absolute Gasteiger partial charge is 0.142 e. The Morgan fingerprint density at radius 1 is 0.920 bits per heavy atom. The van der Waals surface area contributed by atoms with Gasteiger partial charge in [0.1, 0.15) is 17.4 Å². The molecule has 0 fully saturated rings. The molecular formula is C20H18ClN3O. The Morgan fingerprint density at radius 2 is 1.72 bits per heavy atom. The Balaban J connectivity index is 0.00000157. The minimum absolute atomic E-state index is 0. The van der Waals surface area contributed by atoms with Crippen LogP contribution in [0.25, 0.3) is 5.70 Å². The van der Waals surface area contributed by atoms with Crippen molar-refractivity contribution < 1.29 is 4.74 Å². The largest absolute Gasteiger partial charge is 0.493 e. The van der Waals surface area contributed by atoms with Gasteiger partial charge in [-0.25, -0.2) is 4.99 Å². The van der Waals surface area contributed by atoms with Crippen LogP contribution in [0.5, 0.6) is 5.75 Å². The van der Waals surface area contributed by atoms with E-state index in [1.54, 1.807) is 0 Å². The highest BCUT2D eigenvalue weighted by atomic mass is 35.5. The number of halogens is 1. The zero-order valence-corrected chi connectivity index (χ0v) is 14.5. The summed E-state index contributed by atoms with van der Waals surface area (Å²) in [4.78, 5) is 12.1. The zero-order valence-electron chi connectivity index (χ0n) is 13.7. The molecule has 25 heavy (non-hydrogen) atoms. The number of ether oxygens (including phenoxy) is 1.